The van der Waals surface area contributed by atoms with Crippen molar-refractivity contribution in [1.29, 1.82) is 0 Å². The maximum Gasteiger partial charge on any atom is 0.252 e. The molecule has 0 unspecified atom stereocenters. The Balaban J connectivity index is 0.990. The van der Waals surface area contributed by atoms with Crippen molar-refractivity contribution in [3.05, 3.63) is 361 Å². The fourth-order valence-corrected chi connectivity index (χ4v) is 18.8. The highest BCUT2D eigenvalue weighted by Crippen LogP contribution is 2.55. The smallest absolute Gasteiger partial charge is 0.252 e. The van der Waals surface area contributed by atoms with E-state index in [0.717, 1.165) is 90.4 Å². The molecule has 19 rings (SSSR count). The lowest BCUT2D eigenvalue weighted by Crippen LogP contribution is -2.61. The molecule has 0 spiro atoms. The molecule has 120 heavy (non-hydrogen) atoms. The summed E-state index contributed by atoms with van der Waals surface area (Å²) < 4.78 is 5.01. The average Bonchev–Trinajstić information content (AvgIpc) is 0.739. The molecule has 2 aromatic heterocycles. The second kappa shape index (κ2) is 28.6. The Hall–Kier alpha value is -12.6. The van der Waals surface area contributed by atoms with Gasteiger partial charge in [0.15, 0.2) is 0 Å². The van der Waals surface area contributed by atoms with Crippen LogP contribution in [0.1, 0.15) is 158 Å². The monoisotopic (exact) mass is 1560 g/mol. The van der Waals surface area contributed by atoms with E-state index in [1.165, 1.54) is 110 Å². The predicted molar refractivity (Wildman–Crippen MR) is 518 cm³/mol. The predicted octanol–water partition coefficient (Wildman–Crippen LogP) is 29.9. The van der Waals surface area contributed by atoms with Gasteiger partial charge in [-0.1, -0.05) is 325 Å². The Bertz CT molecular complexity index is 6660. The highest BCUT2D eigenvalue weighted by Gasteiger charge is 2.46. The summed E-state index contributed by atoms with van der Waals surface area (Å²) in [5.41, 5.74) is 36.4. The number of para-hydroxylation sites is 3. The van der Waals surface area contributed by atoms with Crippen LogP contribution in [0.4, 0.5) is 51.2 Å². The maximum atomic E-state index is 2.75. The minimum absolute atomic E-state index is 0.0812. The van der Waals surface area contributed by atoms with Gasteiger partial charge in [0.1, 0.15) is 0 Å². The van der Waals surface area contributed by atoms with Gasteiger partial charge in [-0.3, -0.25) is 0 Å². The third-order valence-electron chi connectivity index (χ3n) is 25.5. The normalized spacial score (nSPS) is 13.2. The second-order valence-corrected chi connectivity index (χ2v) is 40.0. The first-order chi connectivity index (χ1) is 57.3. The maximum absolute atomic E-state index is 2.75. The third-order valence-corrected chi connectivity index (χ3v) is 25.5. The van der Waals surface area contributed by atoms with Crippen LogP contribution in [-0.4, -0.2) is 15.8 Å². The van der Waals surface area contributed by atoms with E-state index < -0.39 is 0 Å². The Morgan fingerprint density at radius 1 is 0.225 bits per heavy atom. The van der Waals surface area contributed by atoms with Gasteiger partial charge in [-0.2, -0.15) is 0 Å². The summed E-state index contributed by atoms with van der Waals surface area (Å²) in [5, 5.41) is 4.97. The summed E-state index contributed by atoms with van der Waals surface area (Å²) in [5.74, 6) is 0. The van der Waals surface area contributed by atoms with Gasteiger partial charge in [0.25, 0.3) is 6.71 Å². The van der Waals surface area contributed by atoms with Gasteiger partial charge in [0, 0.05) is 83.9 Å². The molecule has 5 nitrogen and oxygen atoms in total. The number of aromatic nitrogens is 2. The van der Waals surface area contributed by atoms with Crippen LogP contribution >= 0.6 is 0 Å². The van der Waals surface area contributed by atoms with Gasteiger partial charge in [-0.15, -0.1) is 0 Å². The molecule has 4 heterocycles. The third kappa shape index (κ3) is 13.5. The number of nitrogens with zero attached hydrogens (tertiary/aromatic N) is 5. The molecule has 0 saturated heterocycles. The van der Waals surface area contributed by atoms with Crippen LogP contribution < -0.4 is 31.1 Å². The van der Waals surface area contributed by atoms with Crippen LogP contribution in [0.15, 0.2) is 328 Å². The van der Waals surface area contributed by atoms with E-state index in [9.17, 15) is 0 Å². The van der Waals surface area contributed by atoms with Crippen molar-refractivity contribution in [1.82, 2.24) is 9.13 Å². The Labute approximate surface area is 711 Å². The zero-order valence-corrected chi connectivity index (χ0v) is 73.0. The first-order valence-electron chi connectivity index (χ1n) is 43.1. The summed E-state index contributed by atoms with van der Waals surface area (Å²) >= 11 is 0. The van der Waals surface area contributed by atoms with Crippen molar-refractivity contribution in [3.8, 4) is 55.9 Å². The molecule has 0 aliphatic carbocycles. The SMILES string of the molecule is CC(C)(C)c1cc(-c2ccccc2)cc(N2c3cc(-c4cc(C(C)(C)C)cc(C(C)(C)C)c4)ccc3B3c4ccc(-n5c6ccc(C(C)(C)C)cc6c6cc(C(C)(C)C)ccc65)cc4N(c4c(-c5ccccc5)cc(C(C)(C)C)cc4-c4ccccc4)c4cc(N(c5ccccc5)c5ccc(-n6c7ccccc7c7ccccc76)cc5)cc2c43)c1. The molecule has 592 valence electrons. The van der Waals surface area contributed by atoms with E-state index in [1.807, 2.05) is 0 Å². The van der Waals surface area contributed by atoms with Gasteiger partial charge in [-0.05, 0) is 243 Å². The molecule has 0 fully saturated rings. The zero-order chi connectivity index (χ0) is 83.4. The van der Waals surface area contributed by atoms with Crippen molar-refractivity contribution >= 4 is 118 Å². The quantitative estimate of drug-likeness (QED) is 0.120. The number of fused-ring (bicyclic) bond motifs is 10. The van der Waals surface area contributed by atoms with Crippen molar-refractivity contribution < 1.29 is 0 Å². The number of benzene rings is 15. The van der Waals surface area contributed by atoms with Crippen LogP contribution in [0.3, 0.4) is 0 Å². The Kier molecular flexibility index (Phi) is 18.4. The van der Waals surface area contributed by atoms with Crippen LogP contribution in [0.25, 0.3) is 99.5 Å². The average molecular weight is 1560 g/mol. The lowest BCUT2D eigenvalue weighted by atomic mass is 9.33. The highest BCUT2D eigenvalue weighted by atomic mass is 15.2. The highest BCUT2D eigenvalue weighted by molar-refractivity contribution is 7.00. The number of hydrogen-bond acceptors (Lipinski definition) is 3. The molecule has 0 bridgehead atoms. The van der Waals surface area contributed by atoms with Crippen LogP contribution in [0, 0.1) is 0 Å². The summed E-state index contributed by atoms with van der Waals surface area (Å²) in [7, 11) is 0. The van der Waals surface area contributed by atoms with E-state index in [0.29, 0.717) is 0 Å². The van der Waals surface area contributed by atoms with Gasteiger partial charge in [0.2, 0.25) is 0 Å². The van der Waals surface area contributed by atoms with E-state index >= 15 is 0 Å². The molecular formula is C114H108BN5. The molecule has 0 atom stereocenters. The molecule has 0 saturated carbocycles. The minimum Gasteiger partial charge on any atom is -0.311 e. The first kappa shape index (κ1) is 77.3. The number of rotatable bonds is 11. The standard InChI is InChI=1S/C114H108BN5/c1-109(2,3)79-48-57-101-95(66-79)96-67-80(110(4,5)6)49-58-102(96)118(101)88-54-56-98-104(70-88)120(108-93(74-37-25-20-26-38-74)68-84(114(16,17)18)69-94(108)75-39-27-21-28-40-75)106-72-90(116(85-41-29-22-30-42-85)86-50-52-87(53-51-86)117-99-45-33-31-43-91(99)92-44-32-34-46-100(92)117)71-105-107(106)115(98)97-55-47-76(77-59-81(111(7,8)9)64-82(60-77)112(10,11)12)63-103(97)119(105)89-62-78(73-35-23-19-24-36-73)61-83(65-89)113(13,14)15/h19-72H,1-18H3. The minimum atomic E-state index is -0.290. The van der Waals surface area contributed by atoms with Crippen LogP contribution in [-0.2, 0) is 32.5 Å². The van der Waals surface area contributed by atoms with Crippen molar-refractivity contribution in [2.24, 2.45) is 0 Å². The van der Waals surface area contributed by atoms with Gasteiger partial charge < -0.3 is 23.8 Å². The lowest BCUT2D eigenvalue weighted by molar-refractivity contribution is 0.569. The van der Waals surface area contributed by atoms with E-state index in [-0.39, 0.29) is 39.2 Å². The zero-order valence-electron chi connectivity index (χ0n) is 73.0. The molecule has 2 aliphatic heterocycles. The van der Waals surface area contributed by atoms with Gasteiger partial charge in [0.05, 0.1) is 33.4 Å². The number of anilines is 9. The summed E-state index contributed by atoms with van der Waals surface area (Å²) in [4.78, 5) is 7.97. The molecule has 0 radical (unpaired) electrons. The Morgan fingerprint density at radius 2 is 0.617 bits per heavy atom. The molecule has 2 aliphatic rings. The van der Waals surface area contributed by atoms with E-state index in [2.05, 4.69) is 476 Å². The second-order valence-electron chi connectivity index (χ2n) is 40.0. The summed E-state index contributed by atoms with van der Waals surface area (Å²) in [6.07, 6.45) is 0. The largest absolute Gasteiger partial charge is 0.311 e. The van der Waals surface area contributed by atoms with Crippen LogP contribution in [0.2, 0.25) is 0 Å². The fraction of sp³-hybridized carbons (Fsp3) is 0.211. The summed E-state index contributed by atoms with van der Waals surface area (Å²) in [6, 6.07) is 126. The van der Waals surface area contributed by atoms with Crippen molar-refractivity contribution in [3.63, 3.8) is 0 Å². The molecular weight excluding hydrogens is 1450 g/mol. The van der Waals surface area contributed by atoms with Gasteiger partial charge in [-0.25, -0.2) is 0 Å². The number of hydrogen-bond donors (Lipinski definition) is 0. The first-order valence-corrected chi connectivity index (χ1v) is 43.1. The molecule has 6 heteroatoms. The Morgan fingerprint density at radius 3 is 1.12 bits per heavy atom. The fourth-order valence-electron chi connectivity index (χ4n) is 18.8. The van der Waals surface area contributed by atoms with Crippen LogP contribution in [0.5, 0.6) is 0 Å². The lowest BCUT2D eigenvalue weighted by Gasteiger charge is -2.46. The van der Waals surface area contributed by atoms with Crippen molar-refractivity contribution in [2.45, 2.75) is 157 Å². The summed E-state index contributed by atoms with van der Waals surface area (Å²) in [6.45, 7) is 42.1. The van der Waals surface area contributed by atoms with Crippen molar-refractivity contribution in [2.75, 3.05) is 14.7 Å². The van der Waals surface area contributed by atoms with E-state index in [1.54, 1.807) is 0 Å². The molecule has 0 N–H and O–H groups in total. The van der Waals surface area contributed by atoms with Gasteiger partial charge >= 0.3 is 0 Å². The molecule has 0 amide bonds. The van der Waals surface area contributed by atoms with E-state index in [4.69, 9.17) is 0 Å². The molecule has 15 aromatic carbocycles. The molecule has 17 aromatic rings. The topological polar surface area (TPSA) is 19.6 Å².